The van der Waals surface area contributed by atoms with E-state index in [-0.39, 0.29) is 12.5 Å². The number of carbonyl (C=O) groups is 2. The maximum atomic E-state index is 12.2. The van der Waals surface area contributed by atoms with E-state index in [0.29, 0.717) is 17.2 Å². The first-order valence-corrected chi connectivity index (χ1v) is 8.53. The number of aryl methyl sites for hydroxylation is 1. The third-order valence-electron chi connectivity index (χ3n) is 3.98. The molecule has 1 aromatic carbocycles. The highest BCUT2D eigenvalue weighted by Crippen LogP contribution is 2.22. The van der Waals surface area contributed by atoms with Crippen LogP contribution in [-0.4, -0.2) is 40.5 Å². The Bertz CT molecular complexity index is 992. The first kappa shape index (κ1) is 19.0. The summed E-state index contributed by atoms with van der Waals surface area (Å²) in [5.41, 5.74) is 3.62. The maximum absolute atomic E-state index is 12.2. The number of pyridine rings is 1. The van der Waals surface area contributed by atoms with Gasteiger partial charge in [0, 0.05) is 35.4 Å². The number of nitrogens with one attached hydrogen (secondary N) is 2. The van der Waals surface area contributed by atoms with E-state index < -0.39 is 5.97 Å². The summed E-state index contributed by atoms with van der Waals surface area (Å²) in [7, 11) is 1.27. The fourth-order valence-electron chi connectivity index (χ4n) is 2.44. The summed E-state index contributed by atoms with van der Waals surface area (Å²) in [6.07, 6.45) is 5.08. The smallest absolute Gasteiger partial charge is 0.325 e. The van der Waals surface area contributed by atoms with Gasteiger partial charge in [-0.2, -0.15) is 0 Å². The molecule has 2 N–H and O–H groups in total. The fraction of sp³-hybridized carbons (Fsp3) is 0.150. The van der Waals surface area contributed by atoms with Crippen molar-refractivity contribution in [3.05, 3.63) is 66.1 Å². The minimum atomic E-state index is -0.514. The fourth-order valence-corrected chi connectivity index (χ4v) is 2.44. The van der Waals surface area contributed by atoms with E-state index in [4.69, 9.17) is 0 Å². The molecule has 3 aromatic rings. The van der Waals surface area contributed by atoms with Gasteiger partial charge in [0.25, 0.3) is 5.91 Å². The predicted molar refractivity (Wildman–Crippen MR) is 104 cm³/mol. The van der Waals surface area contributed by atoms with Gasteiger partial charge in [0.05, 0.1) is 12.8 Å². The number of carbonyl (C=O) groups excluding carboxylic acids is 2. The van der Waals surface area contributed by atoms with E-state index >= 15 is 0 Å². The van der Waals surface area contributed by atoms with Crippen molar-refractivity contribution in [3.8, 4) is 11.3 Å². The molecule has 8 nitrogen and oxygen atoms in total. The van der Waals surface area contributed by atoms with Crippen molar-refractivity contribution >= 4 is 23.5 Å². The topological polar surface area (TPSA) is 106 Å². The highest BCUT2D eigenvalue weighted by atomic mass is 16.5. The van der Waals surface area contributed by atoms with Gasteiger partial charge in [-0.25, -0.2) is 9.97 Å². The Hall–Kier alpha value is -3.81. The van der Waals surface area contributed by atoms with Crippen LogP contribution in [0.5, 0.6) is 0 Å². The summed E-state index contributed by atoms with van der Waals surface area (Å²) in [6, 6.07) is 10.7. The van der Waals surface area contributed by atoms with Crippen molar-refractivity contribution in [3.63, 3.8) is 0 Å². The largest absolute Gasteiger partial charge is 0.468 e. The number of benzene rings is 1. The Morgan fingerprint density at radius 2 is 2.00 bits per heavy atom. The number of hydrogen-bond donors (Lipinski definition) is 2. The van der Waals surface area contributed by atoms with E-state index in [1.165, 1.54) is 7.11 Å². The Kier molecular flexibility index (Phi) is 5.91. The zero-order valence-electron chi connectivity index (χ0n) is 15.5. The number of nitrogens with zero attached hydrogens (tertiary/aromatic N) is 3. The summed E-state index contributed by atoms with van der Waals surface area (Å²) in [5, 5.41) is 5.65. The molecule has 0 saturated carbocycles. The zero-order chi connectivity index (χ0) is 19.9. The second kappa shape index (κ2) is 8.72. The number of rotatable bonds is 6. The Morgan fingerprint density at radius 3 is 2.75 bits per heavy atom. The molecule has 2 heterocycles. The summed E-state index contributed by atoms with van der Waals surface area (Å²) >= 11 is 0. The molecule has 28 heavy (non-hydrogen) atoms. The highest BCUT2D eigenvalue weighted by molar-refractivity contribution is 5.97. The third-order valence-corrected chi connectivity index (χ3v) is 3.98. The Labute approximate surface area is 162 Å². The van der Waals surface area contributed by atoms with E-state index in [0.717, 1.165) is 16.8 Å². The van der Waals surface area contributed by atoms with E-state index in [1.54, 1.807) is 42.9 Å². The van der Waals surface area contributed by atoms with Gasteiger partial charge in [0.1, 0.15) is 6.54 Å². The Morgan fingerprint density at radius 1 is 1.14 bits per heavy atom. The zero-order valence-corrected chi connectivity index (χ0v) is 15.5. The lowest BCUT2D eigenvalue weighted by atomic mass is 10.1. The number of ether oxygens (including phenoxy) is 1. The summed E-state index contributed by atoms with van der Waals surface area (Å²) in [5.74, 6) is -0.491. The van der Waals surface area contributed by atoms with Crippen LogP contribution in [0.4, 0.5) is 11.6 Å². The van der Waals surface area contributed by atoms with Gasteiger partial charge in [0.15, 0.2) is 0 Å². The van der Waals surface area contributed by atoms with E-state index in [1.807, 2.05) is 19.1 Å². The van der Waals surface area contributed by atoms with E-state index in [9.17, 15) is 9.59 Å². The molecule has 0 atom stereocenters. The van der Waals surface area contributed by atoms with Crippen molar-refractivity contribution < 1.29 is 14.3 Å². The number of anilines is 2. The normalized spacial score (nSPS) is 10.2. The first-order chi connectivity index (χ1) is 13.6. The van der Waals surface area contributed by atoms with Crippen molar-refractivity contribution in [1.29, 1.82) is 0 Å². The first-order valence-electron chi connectivity index (χ1n) is 8.53. The predicted octanol–water partition coefficient (Wildman–Crippen LogP) is 2.49. The van der Waals surface area contributed by atoms with Crippen LogP contribution < -0.4 is 10.6 Å². The molecule has 2 aromatic heterocycles. The maximum Gasteiger partial charge on any atom is 0.325 e. The van der Waals surface area contributed by atoms with Crippen LogP contribution in [0.3, 0.4) is 0 Å². The molecule has 0 unspecified atom stereocenters. The molecule has 0 aliphatic rings. The molecular formula is C20H19N5O3. The SMILES string of the molecule is COC(=O)CNC(=O)c1ccc(C)c(Nc2nccc(-c3cccnc3)n2)c1. The quantitative estimate of drug-likeness (QED) is 0.636. The molecule has 8 heteroatoms. The molecule has 1 amide bonds. The molecule has 0 fully saturated rings. The number of amides is 1. The average Bonchev–Trinajstić information content (AvgIpc) is 2.74. The summed E-state index contributed by atoms with van der Waals surface area (Å²) in [4.78, 5) is 36.3. The van der Waals surface area contributed by atoms with Crippen LogP contribution in [-0.2, 0) is 9.53 Å². The number of methoxy groups -OCH3 is 1. The van der Waals surface area contributed by atoms with Crippen LogP contribution >= 0.6 is 0 Å². The summed E-state index contributed by atoms with van der Waals surface area (Å²) in [6.45, 7) is 1.71. The van der Waals surface area contributed by atoms with Gasteiger partial charge in [-0.1, -0.05) is 6.07 Å². The minimum absolute atomic E-state index is 0.192. The van der Waals surface area contributed by atoms with Gasteiger partial charge in [-0.15, -0.1) is 0 Å². The molecule has 0 bridgehead atoms. The standard InChI is InChI=1S/C20H19N5O3/c1-13-5-6-14(19(27)23-12-18(26)28-2)10-17(13)25-20-22-9-7-16(24-20)15-4-3-8-21-11-15/h3-11H,12H2,1-2H3,(H,23,27)(H,22,24,25). The highest BCUT2D eigenvalue weighted by Gasteiger charge is 2.11. The Balaban J connectivity index is 1.79. The number of esters is 1. The number of hydrogen-bond acceptors (Lipinski definition) is 7. The molecule has 3 rings (SSSR count). The van der Waals surface area contributed by atoms with Gasteiger partial charge in [-0.05, 0) is 42.8 Å². The molecular weight excluding hydrogens is 358 g/mol. The lowest BCUT2D eigenvalue weighted by Crippen LogP contribution is -2.30. The third kappa shape index (κ3) is 4.67. The second-order valence-corrected chi connectivity index (χ2v) is 5.92. The lowest BCUT2D eigenvalue weighted by Gasteiger charge is -2.11. The second-order valence-electron chi connectivity index (χ2n) is 5.92. The monoisotopic (exact) mass is 377 g/mol. The van der Waals surface area contributed by atoms with Gasteiger partial charge < -0.3 is 15.4 Å². The van der Waals surface area contributed by atoms with Crippen LogP contribution in [0.2, 0.25) is 0 Å². The van der Waals surface area contributed by atoms with Gasteiger partial charge in [-0.3, -0.25) is 14.6 Å². The van der Waals surface area contributed by atoms with Gasteiger partial charge in [0.2, 0.25) is 5.95 Å². The van der Waals surface area contributed by atoms with Crippen LogP contribution in [0.25, 0.3) is 11.3 Å². The van der Waals surface area contributed by atoms with Crippen molar-refractivity contribution in [2.24, 2.45) is 0 Å². The average molecular weight is 377 g/mol. The summed E-state index contributed by atoms with van der Waals surface area (Å²) < 4.78 is 4.52. The molecule has 0 aliphatic heterocycles. The molecule has 0 aliphatic carbocycles. The van der Waals surface area contributed by atoms with Gasteiger partial charge >= 0.3 is 5.97 Å². The molecule has 0 saturated heterocycles. The lowest BCUT2D eigenvalue weighted by molar-refractivity contribution is -0.139. The molecule has 0 spiro atoms. The number of aromatic nitrogens is 3. The minimum Gasteiger partial charge on any atom is -0.468 e. The van der Waals surface area contributed by atoms with Crippen molar-refractivity contribution in [1.82, 2.24) is 20.3 Å². The van der Waals surface area contributed by atoms with Crippen LogP contribution in [0.1, 0.15) is 15.9 Å². The van der Waals surface area contributed by atoms with E-state index in [2.05, 4.69) is 30.3 Å². The van der Waals surface area contributed by atoms with Crippen LogP contribution in [0.15, 0.2) is 55.0 Å². The van der Waals surface area contributed by atoms with Crippen molar-refractivity contribution in [2.75, 3.05) is 19.0 Å². The van der Waals surface area contributed by atoms with Crippen LogP contribution in [0, 0.1) is 6.92 Å². The van der Waals surface area contributed by atoms with Crippen molar-refractivity contribution in [2.45, 2.75) is 6.92 Å². The molecule has 0 radical (unpaired) electrons. The molecule has 142 valence electrons.